The van der Waals surface area contributed by atoms with Crippen molar-refractivity contribution in [3.63, 3.8) is 0 Å². The minimum absolute atomic E-state index is 0.0326. The van der Waals surface area contributed by atoms with E-state index in [1.165, 1.54) is 0 Å². The van der Waals surface area contributed by atoms with Gasteiger partial charge in [-0.1, -0.05) is 0 Å². The molecule has 4 heteroatoms. The van der Waals surface area contributed by atoms with Crippen LogP contribution in [0.1, 0.15) is 10.4 Å². The van der Waals surface area contributed by atoms with Crippen LogP contribution in [0.3, 0.4) is 0 Å². The second-order valence-corrected chi connectivity index (χ2v) is 2.61. The standard InChI is InChI=1S/C10H11NO3/c1-14-9-4-2-8(3-5-9)10(13)11-6-7-12/h2-5,7H,6H2,1H3,(H,11,13). The van der Waals surface area contributed by atoms with Crippen LogP contribution in [0.4, 0.5) is 0 Å². The molecule has 1 amide bonds. The van der Waals surface area contributed by atoms with Crippen molar-refractivity contribution >= 4 is 12.2 Å². The van der Waals surface area contributed by atoms with Crippen LogP contribution < -0.4 is 10.1 Å². The van der Waals surface area contributed by atoms with Gasteiger partial charge in [0.2, 0.25) is 0 Å². The first kappa shape index (κ1) is 10.2. The van der Waals surface area contributed by atoms with Crippen LogP contribution in [0, 0.1) is 0 Å². The second-order valence-electron chi connectivity index (χ2n) is 2.61. The van der Waals surface area contributed by atoms with Crippen molar-refractivity contribution in [2.24, 2.45) is 0 Å². The zero-order chi connectivity index (χ0) is 10.4. The van der Waals surface area contributed by atoms with Crippen LogP contribution in [0.5, 0.6) is 5.75 Å². The molecule has 0 fully saturated rings. The summed E-state index contributed by atoms with van der Waals surface area (Å²) >= 11 is 0. The van der Waals surface area contributed by atoms with Gasteiger partial charge in [-0.3, -0.25) is 4.79 Å². The first-order valence-electron chi connectivity index (χ1n) is 4.14. The van der Waals surface area contributed by atoms with Gasteiger partial charge < -0.3 is 14.8 Å². The highest BCUT2D eigenvalue weighted by atomic mass is 16.5. The highest BCUT2D eigenvalue weighted by Crippen LogP contribution is 2.10. The zero-order valence-electron chi connectivity index (χ0n) is 7.82. The summed E-state index contributed by atoms with van der Waals surface area (Å²) in [7, 11) is 1.56. The Morgan fingerprint density at radius 3 is 2.57 bits per heavy atom. The molecule has 1 N–H and O–H groups in total. The summed E-state index contributed by atoms with van der Waals surface area (Å²) < 4.78 is 4.94. The maximum absolute atomic E-state index is 11.3. The van der Waals surface area contributed by atoms with Crippen molar-refractivity contribution < 1.29 is 14.3 Å². The normalized spacial score (nSPS) is 9.21. The summed E-state index contributed by atoms with van der Waals surface area (Å²) in [6.45, 7) is 0.0326. The van der Waals surface area contributed by atoms with E-state index in [-0.39, 0.29) is 12.5 Å². The third kappa shape index (κ3) is 2.58. The monoisotopic (exact) mass is 193 g/mol. The van der Waals surface area contributed by atoms with Gasteiger partial charge in [-0.15, -0.1) is 0 Å². The van der Waals surface area contributed by atoms with E-state index >= 15 is 0 Å². The highest BCUT2D eigenvalue weighted by molar-refractivity contribution is 5.95. The maximum Gasteiger partial charge on any atom is 0.251 e. The molecule has 74 valence electrons. The van der Waals surface area contributed by atoms with Crippen LogP contribution in [-0.4, -0.2) is 25.8 Å². The Hall–Kier alpha value is -1.84. The van der Waals surface area contributed by atoms with Crippen LogP contribution in [0.25, 0.3) is 0 Å². The lowest BCUT2D eigenvalue weighted by Gasteiger charge is -2.02. The van der Waals surface area contributed by atoms with Gasteiger partial charge in [0, 0.05) is 5.56 Å². The third-order valence-corrected chi connectivity index (χ3v) is 1.70. The average Bonchev–Trinajstić information content (AvgIpc) is 2.26. The molecule has 14 heavy (non-hydrogen) atoms. The third-order valence-electron chi connectivity index (χ3n) is 1.70. The molecule has 0 aliphatic rings. The summed E-state index contributed by atoms with van der Waals surface area (Å²) in [6.07, 6.45) is 0.640. The van der Waals surface area contributed by atoms with Gasteiger partial charge in [0.25, 0.3) is 5.91 Å². The van der Waals surface area contributed by atoms with E-state index in [9.17, 15) is 9.59 Å². The molecule has 0 unspecified atom stereocenters. The quantitative estimate of drug-likeness (QED) is 0.713. The van der Waals surface area contributed by atoms with Crippen molar-refractivity contribution in [3.05, 3.63) is 29.8 Å². The largest absolute Gasteiger partial charge is 0.497 e. The van der Waals surface area contributed by atoms with Gasteiger partial charge in [0.15, 0.2) is 0 Å². The molecule has 0 aliphatic heterocycles. The molecule has 4 nitrogen and oxygen atoms in total. The summed E-state index contributed by atoms with van der Waals surface area (Å²) in [5, 5.41) is 2.44. The Labute approximate surface area is 81.9 Å². The topological polar surface area (TPSA) is 55.4 Å². The number of ether oxygens (including phenoxy) is 1. The van der Waals surface area contributed by atoms with E-state index in [0.717, 1.165) is 0 Å². The molecular weight excluding hydrogens is 182 g/mol. The summed E-state index contributed by atoms with van der Waals surface area (Å²) in [5.41, 5.74) is 0.507. The summed E-state index contributed by atoms with van der Waals surface area (Å²) in [6, 6.07) is 6.66. The van der Waals surface area contributed by atoms with E-state index in [1.807, 2.05) is 0 Å². The van der Waals surface area contributed by atoms with Crippen LogP contribution in [0.2, 0.25) is 0 Å². The number of nitrogens with one attached hydrogen (secondary N) is 1. The summed E-state index contributed by atoms with van der Waals surface area (Å²) in [5.74, 6) is 0.427. The van der Waals surface area contributed by atoms with Gasteiger partial charge >= 0.3 is 0 Å². The zero-order valence-corrected chi connectivity index (χ0v) is 7.82. The Kier molecular flexibility index (Phi) is 3.67. The highest BCUT2D eigenvalue weighted by Gasteiger charge is 2.03. The first-order valence-corrected chi connectivity index (χ1v) is 4.14. The van der Waals surface area contributed by atoms with Crippen molar-refractivity contribution in [1.29, 1.82) is 0 Å². The van der Waals surface area contributed by atoms with E-state index in [1.54, 1.807) is 31.4 Å². The Morgan fingerprint density at radius 1 is 1.43 bits per heavy atom. The smallest absolute Gasteiger partial charge is 0.251 e. The molecule has 1 aromatic rings. The van der Waals surface area contributed by atoms with E-state index < -0.39 is 0 Å². The first-order chi connectivity index (χ1) is 6.77. The minimum Gasteiger partial charge on any atom is -0.497 e. The van der Waals surface area contributed by atoms with Crippen molar-refractivity contribution in [1.82, 2.24) is 5.32 Å². The maximum atomic E-state index is 11.3. The average molecular weight is 193 g/mol. The van der Waals surface area contributed by atoms with Crippen LogP contribution >= 0.6 is 0 Å². The number of rotatable bonds is 4. The van der Waals surface area contributed by atoms with Gasteiger partial charge in [-0.2, -0.15) is 0 Å². The second kappa shape index (κ2) is 5.01. The number of amides is 1. The minimum atomic E-state index is -0.264. The van der Waals surface area contributed by atoms with Crippen molar-refractivity contribution in [2.75, 3.05) is 13.7 Å². The fourth-order valence-corrected chi connectivity index (χ4v) is 0.979. The summed E-state index contributed by atoms with van der Waals surface area (Å²) in [4.78, 5) is 21.3. The molecule has 1 aromatic carbocycles. The number of carbonyl (C=O) groups excluding carboxylic acids is 2. The van der Waals surface area contributed by atoms with Crippen LogP contribution in [0.15, 0.2) is 24.3 Å². The Balaban J connectivity index is 2.66. The Morgan fingerprint density at radius 2 is 2.07 bits per heavy atom. The molecule has 0 heterocycles. The molecular formula is C10H11NO3. The number of aldehydes is 1. The SMILES string of the molecule is COc1ccc(C(=O)NCC=O)cc1. The van der Waals surface area contributed by atoms with E-state index in [2.05, 4.69) is 5.32 Å². The van der Waals surface area contributed by atoms with E-state index in [4.69, 9.17) is 4.74 Å². The van der Waals surface area contributed by atoms with Gasteiger partial charge in [0.05, 0.1) is 13.7 Å². The molecule has 0 saturated heterocycles. The van der Waals surface area contributed by atoms with Crippen molar-refractivity contribution in [2.45, 2.75) is 0 Å². The Bertz CT molecular complexity index is 319. The molecule has 0 spiro atoms. The fraction of sp³-hybridized carbons (Fsp3) is 0.200. The predicted molar refractivity (Wildman–Crippen MR) is 51.4 cm³/mol. The molecule has 0 radical (unpaired) electrons. The molecule has 0 saturated carbocycles. The molecule has 0 atom stereocenters. The molecule has 1 rings (SSSR count). The van der Waals surface area contributed by atoms with Gasteiger partial charge in [0.1, 0.15) is 12.0 Å². The number of methoxy groups -OCH3 is 1. The fourth-order valence-electron chi connectivity index (χ4n) is 0.979. The molecule has 0 bridgehead atoms. The lowest BCUT2D eigenvalue weighted by Crippen LogP contribution is -2.24. The molecule has 0 aliphatic carbocycles. The molecule has 0 aromatic heterocycles. The van der Waals surface area contributed by atoms with Gasteiger partial charge in [-0.05, 0) is 24.3 Å². The van der Waals surface area contributed by atoms with Crippen molar-refractivity contribution in [3.8, 4) is 5.75 Å². The number of benzene rings is 1. The number of hydrogen-bond donors (Lipinski definition) is 1. The number of carbonyl (C=O) groups is 2. The van der Waals surface area contributed by atoms with Gasteiger partial charge in [-0.25, -0.2) is 0 Å². The lowest BCUT2D eigenvalue weighted by atomic mass is 10.2. The number of hydrogen-bond acceptors (Lipinski definition) is 3. The lowest BCUT2D eigenvalue weighted by molar-refractivity contribution is -0.107. The van der Waals surface area contributed by atoms with E-state index in [0.29, 0.717) is 17.6 Å². The van der Waals surface area contributed by atoms with Crippen LogP contribution in [-0.2, 0) is 4.79 Å². The predicted octanol–water partition coefficient (Wildman–Crippen LogP) is 0.624.